The summed E-state index contributed by atoms with van der Waals surface area (Å²) in [7, 11) is 0. The van der Waals surface area contributed by atoms with Gasteiger partial charge >= 0.3 is 0 Å². The summed E-state index contributed by atoms with van der Waals surface area (Å²) >= 11 is 3.90. The molecule has 4 heteroatoms. The van der Waals surface area contributed by atoms with Gasteiger partial charge in [-0.05, 0) is 17.1 Å². The van der Waals surface area contributed by atoms with E-state index < -0.39 is 0 Å². The van der Waals surface area contributed by atoms with E-state index >= 15 is 0 Å². The predicted molar refractivity (Wildman–Crippen MR) is 71.1 cm³/mol. The lowest BCUT2D eigenvalue weighted by Gasteiger charge is -2.17. The number of carbonyl (C=O) groups excluding carboxylic acids is 1. The molecule has 2 rings (SSSR count). The smallest absolute Gasteiger partial charge is 0.168 e. The zero-order valence-electron chi connectivity index (χ0n) is 9.30. The van der Waals surface area contributed by atoms with Crippen LogP contribution in [0, 0.1) is 0 Å². The molecule has 0 radical (unpaired) electrons. The standard InChI is InChI=1S/C13H13NO2S/c15-8-12(9-17)14-7-11-1-2-13-6-10(5-11)3-4-16-13/h1-2,5,7-9,17H,3-4,6H2/b12-9-,14-7?. The van der Waals surface area contributed by atoms with Crippen LogP contribution in [-0.4, -0.2) is 19.1 Å². The molecule has 0 N–H and O–H groups in total. The Morgan fingerprint density at radius 2 is 2.35 bits per heavy atom. The summed E-state index contributed by atoms with van der Waals surface area (Å²) in [4.78, 5) is 14.6. The summed E-state index contributed by atoms with van der Waals surface area (Å²) in [6.45, 7) is 0.742. The Labute approximate surface area is 106 Å². The quantitative estimate of drug-likeness (QED) is 0.360. The summed E-state index contributed by atoms with van der Waals surface area (Å²) < 4.78 is 5.50. The van der Waals surface area contributed by atoms with Gasteiger partial charge in [-0.1, -0.05) is 17.7 Å². The van der Waals surface area contributed by atoms with E-state index in [-0.39, 0.29) is 0 Å². The van der Waals surface area contributed by atoms with E-state index in [1.54, 1.807) is 6.21 Å². The summed E-state index contributed by atoms with van der Waals surface area (Å²) in [6.07, 6.45) is 10.2. The number of nitrogens with zero attached hydrogens (tertiary/aromatic N) is 1. The number of rotatable bonds is 3. The molecule has 0 spiro atoms. The average Bonchev–Trinajstić information content (AvgIpc) is 2.50. The van der Waals surface area contributed by atoms with Crippen molar-refractivity contribution in [2.75, 3.05) is 6.61 Å². The van der Waals surface area contributed by atoms with Gasteiger partial charge in [0.25, 0.3) is 0 Å². The molecule has 17 heavy (non-hydrogen) atoms. The lowest BCUT2D eigenvalue weighted by atomic mass is 10.1. The molecule has 0 aromatic rings. The molecule has 1 fully saturated rings. The number of ether oxygens (including phenoxy) is 1. The molecule has 0 aromatic heterocycles. The molecule has 0 aromatic carbocycles. The van der Waals surface area contributed by atoms with Crippen LogP contribution in [0.25, 0.3) is 0 Å². The molecule has 0 saturated carbocycles. The largest absolute Gasteiger partial charge is 0.497 e. The first-order valence-electron chi connectivity index (χ1n) is 5.38. The van der Waals surface area contributed by atoms with Crippen molar-refractivity contribution in [2.45, 2.75) is 12.8 Å². The third-order valence-electron chi connectivity index (χ3n) is 2.56. The summed E-state index contributed by atoms with van der Waals surface area (Å²) in [5.41, 5.74) is 2.61. The van der Waals surface area contributed by atoms with Crippen molar-refractivity contribution < 1.29 is 9.53 Å². The number of aliphatic imine (C=N–C) groups is 1. The van der Waals surface area contributed by atoms with Crippen molar-refractivity contribution in [3.8, 4) is 0 Å². The van der Waals surface area contributed by atoms with E-state index in [0.717, 1.165) is 30.8 Å². The molecule has 0 atom stereocenters. The van der Waals surface area contributed by atoms with Gasteiger partial charge in [0.1, 0.15) is 11.5 Å². The maximum absolute atomic E-state index is 10.6. The van der Waals surface area contributed by atoms with Crippen LogP contribution in [0.4, 0.5) is 0 Å². The Morgan fingerprint density at radius 1 is 1.47 bits per heavy atom. The van der Waals surface area contributed by atoms with Crippen LogP contribution in [0.3, 0.4) is 0 Å². The van der Waals surface area contributed by atoms with Gasteiger partial charge in [-0.2, -0.15) is 0 Å². The van der Waals surface area contributed by atoms with Gasteiger partial charge in [-0.3, -0.25) is 9.79 Å². The number of carbonyl (C=O) groups is 1. The number of fused-ring (bicyclic) bond motifs is 2. The zero-order valence-corrected chi connectivity index (χ0v) is 10.2. The SMILES string of the molecule is O=C/C(=C/S)N=CC1=CC=C2CC(=C1)CCO2. The zero-order chi connectivity index (χ0) is 12.1. The number of hydrogen-bond acceptors (Lipinski definition) is 4. The second-order valence-electron chi connectivity index (χ2n) is 3.81. The van der Waals surface area contributed by atoms with Gasteiger partial charge in [0.15, 0.2) is 6.29 Å². The van der Waals surface area contributed by atoms with Gasteiger partial charge in [-0.15, -0.1) is 12.6 Å². The second kappa shape index (κ2) is 5.68. The maximum atomic E-state index is 10.6. The van der Waals surface area contributed by atoms with Gasteiger partial charge in [0, 0.05) is 19.1 Å². The fourth-order valence-corrected chi connectivity index (χ4v) is 1.83. The average molecular weight is 247 g/mol. The van der Waals surface area contributed by atoms with Gasteiger partial charge in [0.05, 0.1) is 6.61 Å². The van der Waals surface area contributed by atoms with Crippen molar-refractivity contribution in [2.24, 2.45) is 4.99 Å². The predicted octanol–water partition coefficient (Wildman–Crippen LogP) is 2.59. The van der Waals surface area contributed by atoms with Crippen LogP contribution in [0.2, 0.25) is 0 Å². The fourth-order valence-electron chi connectivity index (χ4n) is 1.70. The van der Waals surface area contributed by atoms with E-state index in [2.05, 4.69) is 23.7 Å². The summed E-state index contributed by atoms with van der Waals surface area (Å²) in [5.74, 6) is 0.992. The summed E-state index contributed by atoms with van der Waals surface area (Å²) in [5, 5.41) is 1.38. The molecule has 88 valence electrons. The molecule has 3 nitrogen and oxygen atoms in total. The molecule has 0 amide bonds. The molecular formula is C13H13NO2S. The van der Waals surface area contributed by atoms with Gasteiger partial charge < -0.3 is 4.74 Å². The Balaban J connectivity index is 2.19. The van der Waals surface area contributed by atoms with Crippen LogP contribution < -0.4 is 0 Å². The van der Waals surface area contributed by atoms with Crippen LogP contribution in [0.5, 0.6) is 0 Å². The monoisotopic (exact) mass is 247 g/mol. The number of aldehydes is 1. The normalized spacial score (nSPS) is 20.1. The summed E-state index contributed by atoms with van der Waals surface area (Å²) in [6, 6.07) is 0. The van der Waals surface area contributed by atoms with Gasteiger partial charge in [-0.25, -0.2) is 0 Å². The highest BCUT2D eigenvalue weighted by Crippen LogP contribution is 2.25. The molecule has 1 saturated heterocycles. The lowest BCUT2D eigenvalue weighted by Crippen LogP contribution is -2.04. The van der Waals surface area contributed by atoms with Crippen molar-refractivity contribution in [1.82, 2.24) is 0 Å². The molecular weight excluding hydrogens is 234 g/mol. The van der Waals surface area contributed by atoms with E-state index in [1.165, 1.54) is 11.0 Å². The first kappa shape index (κ1) is 11.9. The first-order valence-corrected chi connectivity index (χ1v) is 5.90. The van der Waals surface area contributed by atoms with Crippen molar-refractivity contribution in [1.29, 1.82) is 0 Å². The fraction of sp³-hybridized carbons (Fsp3) is 0.231. The Bertz CT molecular complexity index is 470. The van der Waals surface area contributed by atoms with E-state index in [0.29, 0.717) is 12.0 Å². The third-order valence-corrected chi connectivity index (χ3v) is 2.82. The van der Waals surface area contributed by atoms with Crippen molar-refractivity contribution in [3.63, 3.8) is 0 Å². The molecule has 2 bridgehead atoms. The molecule has 1 aliphatic carbocycles. The Morgan fingerprint density at radius 3 is 3.12 bits per heavy atom. The minimum absolute atomic E-state index is 0.309. The van der Waals surface area contributed by atoms with E-state index in [9.17, 15) is 4.79 Å². The molecule has 1 aliphatic heterocycles. The highest BCUT2D eigenvalue weighted by Gasteiger charge is 2.13. The van der Waals surface area contributed by atoms with Crippen LogP contribution in [-0.2, 0) is 9.53 Å². The molecule has 2 aliphatic rings. The minimum Gasteiger partial charge on any atom is -0.497 e. The first-order chi connectivity index (χ1) is 8.31. The lowest BCUT2D eigenvalue weighted by molar-refractivity contribution is -0.104. The van der Waals surface area contributed by atoms with Crippen molar-refractivity contribution >= 4 is 25.1 Å². The molecule has 1 heterocycles. The minimum atomic E-state index is 0.309. The van der Waals surface area contributed by atoms with E-state index in [1.807, 2.05) is 12.2 Å². The third kappa shape index (κ3) is 3.20. The number of allylic oxidation sites excluding steroid dienone is 6. The van der Waals surface area contributed by atoms with Gasteiger partial charge in [0.2, 0.25) is 0 Å². The number of thiol groups is 1. The Kier molecular flexibility index (Phi) is 3.98. The Hall–Kier alpha value is -1.55. The number of hydrogen-bond donors (Lipinski definition) is 1. The van der Waals surface area contributed by atoms with Crippen LogP contribution >= 0.6 is 12.6 Å². The van der Waals surface area contributed by atoms with E-state index in [4.69, 9.17) is 4.74 Å². The van der Waals surface area contributed by atoms with Crippen LogP contribution in [0.1, 0.15) is 12.8 Å². The van der Waals surface area contributed by atoms with Crippen LogP contribution in [0.15, 0.2) is 51.2 Å². The highest BCUT2D eigenvalue weighted by molar-refractivity contribution is 7.83. The topological polar surface area (TPSA) is 38.7 Å². The van der Waals surface area contributed by atoms with Crippen molar-refractivity contribution in [3.05, 3.63) is 46.2 Å². The second-order valence-corrected chi connectivity index (χ2v) is 4.07. The maximum Gasteiger partial charge on any atom is 0.168 e. The highest BCUT2D eigenvalue weighted by atomic mass is 32.1. The molecule has 0 unspecified atom stereocenters.